The van der Waals surface area contributed by atoms with Crippen LogP contribution in [0.2, 0.25) is 5.02 Å². The van der Waals surface area contributed by atoms with E-state index in [1.165, 1.54) is 18.2 Å². The normalized spacial score (nSPS) is 11.1. The first-order chi connectivity index (χ1) is 12.9. The van der Waals surface area contributed by atoms with E-state index >= 15 is 0 Å². The smallest absolute Gasteiger partial charge is 0.263 e. The van der Waals surface area contributed by atoms with E-state index in [1.54, 1.807) is 24.3 Å². The van der Waals surface area contributed by atoms with E-state index in [9.17, 15) is 13.2 Å². The minimum atomic E-state index is -3.95. The van der Waals surface area contributed by atoms with Crippen molar-refractivity contribution in [1.29, 1.82) is 0 Å². The lowest BCUT2D eigenvalue weighted by atomic mass is 10.2. The Morgan fingerprint density at radius 1 is 1.11 bits per heavy atom. The molecule has 8 heteroatoms. The molecule has 0 aromatic heterocycles. The number of halogens is 1. The predicted octanol–water partition coefficient (Wildman–Crippen LogP) is 4.07. The first-order valence-electron chi connectivity index (χ1n) is 8.70. The lowest BCUT2D eigenvalue weighted by molar-refractivity contribution is 0.0953. The summed E-state index contributed by atoms with van der Waals surface area (Å²) in [6, 6.07) is 10.7. The van der Waals surface area contributed by atoms with Crippen LogP contribution in [0.25, 0.3) is 0 Å². The molecule has 0 atom stereocenters. The molecule has 0 unspecified atom stereocenters. The lowest BCUT2D eigenvalue weighted by Crippen LogP contribution is -2.24. The number of carbonyl (C=O) groups is 1. The van der Waals surface area contributed by atoms with Gasteiger partial charge in [0.1, 0.15) is 10.6 Å². The molecule has 0 radical (unpaired) electrons. The molecule has 0 aliphatic rings. The molecule has 2 aromatic rings. The fourth-order valence-corrected chi connectivity index (χ4v) is 3.91. The summed E-state index contributed by atoms with van der Waals surface area (Å²) in [7, 11) is -3.95. The minimum Gasteiger partial charge on any atom is -0.494 e. The molecule has 2 N–H and O–H groups in total. The van der Waals surface area contributed by atoms with Crippen LogP contribution in [0.3, 0.4) is 0 Å². The van der Waals surface area contributed by atoms with Crippen molar-refractivity contribution in [2.24, 2.45) is 0 Å². The van der Waals surface area contributed by atoms with Gasteiger partial charge in [0, 0.05) is 17.8 Å². The molecule has 0 aliphatic heterocycles. The van der Waals surface area contributed by atoms with E-state index < -0.39 is 10.0 Å². The Kier molecular flexibility index (Phi) is 7.50. The molecular formula is C19H23ClN2O4S. The summed E-state index contributed by atoms with van der Waals surface area (Å²) in [5, 5.41) is 2.80. The number of anilines is 1. The third-order valence-corrected chi connectivity index (χ3v) is 5.58. The summed E-state index contributed by atoms with van der Waals surface area (Å²) < 4.78 is 33.2. The van der Waals surface area contributed by atoms with E-state index in [0.29, 0.717) is 24.6 Å². The van der Waals surface area contributed by atoms with Gasteiger partial charge in [-0.1, -0.05) is 24.9 Å². The van der Waals surface area contributed by atoms with Crippen molar-refractivity contribution in [2.75, 3.05) is 17.9 Å². The zero-order valence-corrected chi connectivity index (χ0v) is 16.9. The molecule has 2 rings (SSSR count). The van der Waals surface area contributed by atoms with Crippen LogP contribution in [0, 0.1) is 0 Å². The lowest BCUT2D eigenvalue weighted by Gasteiger charge is -2.12. The number of ether oxygens (including phenoxy) is 1. The minimum absolute atomic E-state index is 0.0403. The number of benzene rings is 2. The maximum absolute atomic E-state index is 12.7. The highest BCUT2D eigenvalue weighted by Gasteiger charge is 2.20. The van der Waals surface area contributed by atoms with Gasteiger partial charge in [0.15, 0.2) is 0 Å². The van der Waals surface area contributed by atoms with Gasteiger partial charge in [-0.2, -0.15) is 0 Å². The van der Waals surface area contributed by atoms with Gasteiger partial charge in [-0.25, -0.2) is 8.42 Å². The summed E-state index contributed by atoms with van der Waals surface area (Å²) in [5.41, 5.74) is 0.606. The van der Waals surface area contributed by atoms with E-state index in [1.807, 2.05) is 13.8 Å². The van der Waals surface area contributed by atoms with Gasteiger partial charge < -0.3 is 10.1 Å². The van der Waals surface area contributed by atoms with Gasteiger partial charge >= 0.3 is 0 Å². The first-order valence-corrected chi connectivity index (χ1v) is 10.6. The molecule has 0 aliphatic carbocycles. The van der Waals surface area contributed by atoms with Gasteiger partial charge in [0.2, 0.25) is 0 Å². The van der Waals surface area contributed by atoms with E-state index in [2.05, 4.69) is 10.0 Å². The first kappa shape index (κ1) is 21.1. The number of nitrogens with one attached hydrogen (secondary N) is 2. The molecule has 0 spiro atoms. The van der Waals surface area contributed by atoms with E-state index in [4.69, 9.17) is 16.3 Å². The number of hydrogen-bond acceptors (Lipinski definition) is 4. The van der Waals surface area contributed by atoms with Crippen LogP contribution in [0.4, 0.5) is 5.69 Å². The summed E-state index contributed by atoms with van der Waals surface area (Å²) in [6.07, 6.45) is 1.80. The Labute approximate surface area is 164 Å². The van der Waals surface area contributed by atoms with Crippen molar-refractivity contribution in [2.45, 2.75) is 31.6 Å². The van der Waals surface area contributed by atoms with Crippen molar-refractivity contribution >= 4 is 33.2 Å². The Hall–Kier alpha value is -2.25. The monoisotopic (exact) mass is 410 g/mol. The third-order valence-electron chi connectivity index (χ3n) is 3.72. The molecule has 27 heavy (non-hydrogen) atoms. The highest BCUT2D eigenvalue weighted by Crippen LogP contribution is 2.26. The van der Waals surface area contributed by atoms with Crippen molar-refractivity contribution < 1.29 is 17.9 Å². The van der Waals surface area contributed by atoms with Crippen LogP contribution in [0.5, 0.6) is 5.75 Å². The summed E-state index contributed by atoms with van der Waals surface area (Å²) in [5.74, 6) is 0.307. The van der Waals surface area contributed by atoms with Crippen molar-refractivity contribution in [3.05, 3.63) is 53.1 Å². The second-order valence-corrected chi connectivity index (χ2v) is 7.88. The van der Waals surface area contributed by atoms with Crippen molar-refractivity contribution in [3.63, 3.8) is 0 Å². The number of hydrogen-bond donors (Lipinski definition) is 2. The third kappa shape index (κ3) is 5.87. The zero-order chi connectivity index (χ0) is 19.9. The topological polar surface area (TPSA) is 84.5 Å². The average molecular weight is 411 g/mol. The number of amides is 1. The van der Waals surface area contributed by atoms with Crippen LogP contribution in [-0.2, 0) is 10.0 Å². The number of rotatable bonds is 9. The molecule has 0 fully saturated rings. The van der Waals surface area contributed by atoms with Crippen LogP contribution < -0.4 is 14.8 Å². The quantitative estimate of drug-likeness (QED) is 0.610. The standard InChI is InChI=1S/C19H23ClN2O4S/c1-3-5-12-21-19(23)14-6-11-17(20)18(13-14)27(24,25)22-15-7-9-16(10-8-15)26-4-2/h6-11,13,22H,3-5,12H2,1-2H3,(H,21,23). The highest BCUT2D eigenvalue weighted by atomic mass is 35.5. The second-order valence-electron chi connectivity index (χ2n) is 5.82. The van der Waals surface area contributed by atoms with Crippen molar-refractivity contribution in [1.82, 2.24) is 5.32 Å². The molecule has 2 aromatic carbocycles. The highest BCUT2D eigenvalue weighted by molar-refractivity contribution is 7.92. The zero-order valence-electron chi connectivity index (χ0n) is 15.3. The Morgan fingerprint density at radius 2 is 1.81 bits per heavy atom. The predicted molar refractivity (Wildman–Crippen MR) is 107 cm³/mol. The van der Waals surface area contributed by atoms with E-state index in [-0.39, 0.29) is 21.4 Å². The molecule has 0 bridgehead atoms. The summed E-state index contributed by atoms with van der Waals surface area (Å²) >= 11 is 6.07. The molecule has 0 heterocycles. The SMILES string of the molecule is CCCCNC(=O)c1ccc(Cl)c(S(=O)(=O)Nc2ccc(OCC)cc2)c1. The maximum atomic E-state index is 12.7. The van der Waals surface area contributed by atoms with Gasteiger partial charge in [-0.3, -0.25) is 9.52 Å². The second kappa shape index (κ2) is 9.62. The average Bonchev–Trinajstić information content (AvgIpc) is 2.63. The molecule has 0 saturated carbocycles. The number of unbranched alkanes of at least 4 members (excludes halogenated alkanes) is 1. The Morgan fingerprint density at radius 3 is 2.44 bits per heavy atom. The fourth-order valence-electron chi connectivity index (χ4n) is 2.33. The summed E-state index contributed by atoms with van der Waals surface area (Å²) in [6.45, 7) is 4.94. The van der Waals surface area contributed by atoms with Gasteiger partial charge in [0.05, 0.1) is 11.6 Å². The van der Waals surface area contributed by atoms with Crippen LogP contribution in [-0.4, -0.2) is 27.5 Å². The molecule has 6 nitrogen and oxygen atoms in total. The Balaban J connectivity index is 2.21. The largest absolute Gasteiger partial charge is 0.494 e. The maximum Gasteiger partial charge on any atom is 0.263 e. The van der Waals surface area contributed by atoms with Gasteiger partial charge in [-0.15, -0.1) is 0 Å². The van der Waals surface area contributed by atoms with Crippen LogP contribution in [0.1, 0.15) is 37.0 Å². The molecular weight excluding hydrogens is 388 g/mol. The molecule has 146 valence electrons. The van der Waals surface area contributed by atoms with Crippen LogP contribution in [0.15, 0.2) is 47.4 Å². The van der Waals surface area contributed by atoms with Crippen LogP contribution >= 0.6 is 11.6 Å². The fraction of sp³-hybridized carbons (Fsp3) is 0.316. The Bertz CT molecular complexity index is 883. The van der Waals surface area contributed by atoms with Gasteiger partial charge in [0.25, 0.3) is 15.9 Å². The van der Waals surface area contributed by atoms with Gasteiger partial charge in [-0.05, 0) is 55.8 Å². The summed E-state index contributed by atoms with van der Waals surface area (Å²) in [4.78, 5) is 12.0. The number of carbonyl (C=O) groups excluding carboxylic acids is 1. The van der Waals surface area contributed by atoms with E-state index in [0.717, 1.165) is 12.8 Å². The molecule has 1 amide bonds. The number of sulfonamides is 1. The molecule has 0 saturated heterocycles. The van der Waals surface area contributed by atoms with Crippen molar-refractivity contribution in [3.8, 4) is 5.75 Å².